The minimum absolute atomic E-state index is 0.0760. The summed E-state index contributed by atoms with van der Waals surface area (Å²) < 4.78 is 11.0. The number of allylic oxidation sites excluding steroid dienone is 1. The van der Waals surface area contributed by atoms with Gasteiger partial charge in [0.1, 0.15) is 6.10 Å². The molecule has 0 aromatic rings. The third-order valence-corrected chi connectivity index (χ3v) is 4.44. The van der Waals surface area contributed by atoms with Gasteiger partial charge in [-0.1, -0.05) is 18.9 Å². The first kappa shape index (κ1) is 17.8. The molecule has 2 atom stereocenters. The van der Waals surface area contributed by atoms with Gasteiger partial charge in [0.25, 0.3) is 0 Å². The summed E-state index contributed by atoms with van der Waals surface area (Å²) in [6.07, 6.45) is 7.67. The molecule has 1 saturated carbocycles. The highest BCUT2D eigenvalue weighted by molar-refractivity contribution is 5.72. The maximum Gasteiger partial charge on any atom is 0.443 e. The Labute approximate surface area is 137 Å². The van der Waals surface area contributed by atoms with E-state index in [9.17, 15) is 9.59 Å². The lowest BCUT2D eigenvalue weighted by molar-refractivity contribution is -0.189. The Morgan fingerprint density at radius 1 is 1.30 bits per heavy atom. The Morgan fingerprint density at radius 2 is 2.04 bits per heavy atom. The second-order valence-electron chi connectivity index (χ2n) is 6.29. The summed E-state index contributed by atoms with van der Waals surface area (Å²) in [7, 11) is 0. The van der Waals surface area contributed by atoms with E-state index in [1.807, 2.05) is 6.08 Å². The van der Waals surface area contributed by atoms with Crippen molar-refractivity contribution in [3.8, 4) is 0 Å². The van der Waals surface area contributed by atoms with Gasteiger partial charge in [0.05, 0.1) is 19.3 Å². The third-order valence-electron chi connectivity index (χ3n) is 4.44. The number of ether oxygens (including phenoxy) is 2. The van der Waals surface area contributed by atoms with Crippen LogP contribution in [0, 0.1) is 5.92 Å². The summed E-state index contributed by atoms with van der Waals surface area (Å²) in [6.45, 7) is 6.02. The van der Waals surface area contributed by atoms with E-state index in [4.69, 9.17) is 14.3 Å². The zero-order chi connectivity index (χ0) is 16.7. The van der Waals surface area contributed by atoms with Crippen LogP contribution < -0.4 is 0 Å². The quantitative estimate of drug-likeness (QED) is 0.426. The first-order valence-electron chi connectivity index (χ1n) is 8.49. The number of rotatable bonds is 6. The monoisotopic (exact) mass is 325 g/mol. The van der Waals surface area contributed by atoms with Gasteiger partial charge >= 0.3 is 12.1 Å². The summed E-state index contributed by atoms with van der Waals surface area (Å²) in [5, 5.41) is 1.13. The SMILES string of the molecule is C=CCCCC1COCC1OC(=O)N(OC(C)=O)C1CCCC1. The molecule has 130 valence electrons. The summed E-state index contributed by atoms with van der Waals surface area (Å²) in [6, 6.07) is -0.0760. The van der Waals surface area contributed by atoms with E-state index in [-0.39, 0.29) is 18.1 Å². The molecule has 1 amide bonds. The summed E-state index contributed by atoms with van der Waals surface area (Å²) in [5.41, 5.74) is 0. The largest absolute Gasteiger partial charge is 0.443 e. The normalized spacial score (nSPS) is 24.4. The molecule has 1 aliphatic heterocycles. The van der Waals surface area contributed by atoms with Gasteiger partial charge in [0.2, 0.25) is 0 Å². The van der Waals surface area contributed by atoms with Crippen LogP contribution in [0.2, 0.25) is 0 Å². The van der Waals surface area contributed by atoms with Crippen LogP contribution in [-0.4, -0.2) is 42.5 Å². The van der Waals surface area contributed by atoms with Crippen molar-refractivity contribution in [1.82, 2.24) is 5.06 Å². The van der Waals surface area contributed by atoms with Crippen molar-refractivity contribution in [3.05, 3.63) is 12.7 Å². The van der Waals surface area contributed by atoms with Crippen molar-refractivity contribution in [2.24, 2.45) is 5.92 Å². The lowest BCUT2D eigenvalue weighted by atomic mass is 9.99. The molecule has 1 aliphatic carbocycles. The number of carbonyl (C=O) groups excluding carboxylic acids is 2. The zero-order valence-corrected chi connectivity index (χ0v) is 13.9. The molecule has 1 saturated heterocycles. The number of hydrogen-bond donors (Lipinski definition) is 0. The molecule has 1 heterocycles. The van der Waals surface area contributed by atoms with E-state index >= 15 is 0 Å². The van der Waals surface area contributed by atoms with Gasteiger partial charge < -0.3 is 14.3 Å². The minimum atomic E-state index is -0.573. The molecule has 23 heavy (non-hydrogen) atoms. The number of unbranched alkanes of at least 4 members (excludes halogenated alkanes) is 1. The van der Waals surface area contributed by atoms with Gasteiger partial charge in [-0.3, -0.25) is 4.79 Å². The van der Waals surface area contributed by atoms with Crippen molar-refractivity contribution in [1.29, 1.82) is 0 Å². The second kappa shape index (κ2) is 8.91. The fourth-order valence-corrected chi connectivity index (χ4v) is 3.22. The van der Waals surface area contributed by atoms with Gasteiger partial charge in [0, 0.05) is 12.8 Å². The number of amides is 1. The minimum Gasteiger partial charge on any atom is -0.441 e. The van der Waals surface area contributed by atoms with Crippen molar-refractivity contribution >= 4 is 12.1 Å². The van der Waals surface area contributed by atoms with E-state index in [2.05, 4.69) is 6.58 Å². The van der Waals surface area contributed by atoms with E-state index in [0.29, 0.717) is 13.2 Å². The topological polar surface area (TPSA) is 65.1 Å². The number of hydroxylamine groups is 2. The smallest absolute Gasteiger partial charge is 0.441 e. The van der Waals surface area contributed by atoms with Gasteiger partial charge in [-0.15, -0.1) is 11.6 Å². The van der Waals surface area contributed by atoms with Gasteiger partial charge in [-0.2, -0.15) is 0 Å². The molecule has 0 N–H and O–H groups in total. The van der Waals surface area contributed by atoms with Gasteiger partial charge in [-0.05, 0) is 32.1 Å². The van der Waals surface area contributed by atoms with Gasteiger partial charge in [-0.25, -0.2) is 4.79 Å². The average molecular weight is 325 g/mol. The maximum absolute atomic E-state index is 12.5. The maximum atomic E-state index is 12.5. The highest BCUT2D eigenvalue weighted by atomic mass is 16.8. The molecule has 0 aromatic heterocycles. The molecule has 2 rings (SSSR count). The zero-order valence-electron chi connectivity index (χ0n) is 13.9. The van der Waals surface area contributed by atoms with Crippen molar-refractivity contribution in [2.75, 3.05) is 13.2 Å². The highest BCUT2D eigenvalue weighted by Crippen LogP contribution is 2.27. The number of carbonyl (C=O) groups is 2. The fraction of sp³-hybridized carbons (Fsp3) is 0.765. The van der Waals surface area contributed by atoms with Crippen LogP contribution in [0.25, 0.3) is 0 Å². The molecular weight excluding hydrogens is 298 g/mol. The third kappa shape index (κ3) is 5.23. The van der Waals surface area contributed by atoms with Crippen molar-refractivity contribution in [2.45, 2.75) is 64.0 Å². The second-order valence-corrected chi connectivity index (χ2v) is 6.29. The van der Waals surface area contributed by atoms with Crippen LogP contribution in [0.4, 0.5) is 4.79 Å². The molecule has 6 heteroatoms. The van der Waals surface area contributed by atoms with E-state index in [0.717, 1.165) is 50.0 Å². The van der Waals surface area contributed by atoms with Crippen LogP contribution in [0.1, 0.15) is 51.9 Å². The Balaban J connectivity index is 1.90. The predicted octanol–water partition coefficient (Wildman–Crippen LogP) is 3.22. The average Bonchev–Trinajstić information content (AvgIpc) is 3.17. The molecule has 6 nitrogen and oxygen atoms in total. The summed E-state index contributed by atoms with van der Waals surface area (Å²) in [4.78, 5) is 28.8. The van der Waals surface area contributed by atoms with Crippen LogP contribution in [0.3, 0.4) is 0 Å². The van der Waals surface area contributed by atoms with E-state index in [1.165, 1.54) is 6.92 Å². The molecule has 2 aliphatic rings. The molecule has 2 unspecified atom stereocenters. The van der Waals surface area contributed by atoms with E-state index < -0.39 is 12.1 Å². The summed E-state index contributed by atoms with van der Waals surface area (Å²) >= 11 is 0. The molecule has 2 fully saturated rings. The van der Waals surface area contributed by atoms with Crippen LogP contribution >= 0.6 is 0 Å². The number of nitrogens with zero attached hydrogens (tertiary/aromatic N) is 1. The lowest BCUT2D eigenvalue weighted by Gasteiger charge is -2.28. The predicted molar refractivity (Wildman–Crippen MR) is 84.5 cm³/mol. The number of hydrogen-bond acceptors (Lipinski definition) is 5. The van der Waals surface area contributed by atoms with Crippen LogP contribution in [-0.2, 0) is 19.1 Å². The van der Waals surface area contributed by atoms with Crippen LogP contribution in [0.15, 0.2) is 12.7 Å². The first-order valence-corrected chi connectivity index (χ1v) is 8.49. The van der Waals surface area contributed by atoms with Gasteiger partial charge in [0.15, 0.2) is 0 Å². The Kier molecular flexibility index (Phi) is 6.89. The first-order chi connectivity index (χ1) is 11.1. The standard InChI is InChI=1S/C17H27NO5/c1-3-4-5-8-14-11-21-12-16(14)22-17(20)18(23-13(2)19)15-9-6-7-10-15/h3,14-16H,1,4-12H2,2H3. The molecule has 0 spiro atoms. The Morgan fingerprint density at radius 3 is 2.70 bits per heavy atom. The molecular formula is C17H27NO5. The van der Waals surface area contributed by atoms with Crippen LogP contribution in [0.5, 0.6) is 0 Å². The molecule has 0 radical (unpaired) electrons. The highest BCUT2D eigenvalue weighted by Gasteiger charge is 2.36. The molecule has 0 aromatic carbocycles. The summed E-state index contributed by atoms with van der Waals surface area (Å²) in [5.74, 6) is -0.305. The van der Waals surface area contributed by atoms with E-state index in [1.54, 1.807) is 0 Å². The van der Waals surface area contributed by atoms with Crippen molar-refractivity contribution < 1.29 is 23.9 Å². The fourth-order valence-electron chi connectivity index (χ4n) is 3.22. The van der Waals surface area contributed by atoms with Crippen molar-refractivity contribution in [3.63, 3.8) is 0 Å². The molecule has 0 bridgehead atoms. The Bertz CT molecular complexity index is 419. The lowest BCUT2D eigenvalue weighted by Crippen LogP contribution is -2.43. The Hall–Kier alpha value is -1.56.